The summed E-state index contributed by atoms with van der Waals surface area (Å²) in [5.74, 6) is 0.613. The molecule has 0 fully saturated rings. The highest BCUT2D eigenvalue weighted by Gasteiger charge is 2.22. The first-order valence-corrected chi connectivity index (χ1v) is 8.38. The molecule has 0 bridgehead atoms. The van der Waals surface area contributed by atoms with Gasteiger partial charge < -0.3 is 10.2 Å². The van der Waals surface area contributed by atoms with Gasteiger partial charge in [-0.05, 0) is 12.3 Å². The van der Waals surface area contributed by atoms with E-state index in [0.29, 0.717) is 12.5 Å². The number of aromatic nitrogens is 1. The van der Waals surface area contributed by atoms with Gasteiger partial charge in [-0.2, -0.15) is 0 Å². The van der Waals surface area contributed by atoms with Crippen LogP contribution in [0, 0.1) is 5.92 Å². The van der Waals surface area contributed by atoms with E-state index < -0.39 is 0 Å². The lowest BCUT2D eigenvalue weighted by molar-refractivity contribution is -0.131. The van der Waals surface area contributed by atoms with Gasteiger partial charge in [-0.3, -0.25) is 4.79 Å². The Morgan fingerprint density at radius 2 is 2.00 bits per heavy atom. The van der Waals surface area contributed by atoms with Crippen LogP contribution >= 0.6 is 11.3 Å². The molecule has 0 saturated carbocycles. The number of rotatable bonds is 6. The van der Waals surface area contributed by atoms with Gasteiger partial charge in [0.15, 0.2) is 0 Å². The summed E-state index contributed by atoms with van der Waals surface area (Å²) >= 11 is 1.69. The lowest BCUT2D eigenvalue weighted by Crippen LogP contribution is -2.44. The van der Waals surface area contributed by atoms with Crippen LogP contribution in [0.15, 0.2) is 5.38 Å². The molecule has 1 unspecified atom stereocenters. The summed E-state index contributed by atoms with van der Waals surface area (Å²) in [7, 11) is 3.61. The third kappa shape index (κ3) is 5.75. The van der Waals surface area contributed by atoms with Gasteiger partial charge in [-0.15, -0.1) is 11.3 Å². The third-order valence-corrected chi connectivity index (χ3v) is 4.49. The fourth-order valence-electron chi connectivity index (χ4n) is 2.01. The monoisotopic (exact) mass is 311 g/mol. The van der Waals surface area contributed by atoms with Gasteiger partial charge in [0, 0.05) is 31.4 Å². The van der Waals surface area contributed by atoms with Crippen LogP contribution < -0.4 is 5.32 Å². The van der Waals surface area contributed by atoms with E-state index in [2.05, 4.69) is 50.3 Å². The maximum atomic E-state index is 12.2. The third-order valence-electron chi connectivity index (χ3n) is 3.17. The van der Waals surface area contributed by atoms with Crippen molar-refractivity contribution >= 4 is 17.2 Å². The van der Waals surface area contributed by atoms with Crippen LogP contribution in [0.2, 0.25) is 0 Å². The van der Waals surface area contributed by atoms with E-state index in [1.54, 1.807) is 30.3 Å². The Balaban J connectivity index is 2.68. The number of nitrogens with one attached hydrogen (secondary N) is 1. The second kappa shape index (κ2) is 7.36. The number of carbonyl (C=O) groups excluding carboxylic acids is 1. The van der Waals surface area contributed by atoms with Gasteiger partial charge in [0.2, 0.25) is 5.91 Å². The molecule has 1 amide bonds. The largest absolute Gasteiger partial charge is 0.347 e. The summed E-state index contributed by atoms with van der Waals surface area (Å²) in [6, 6.07) is -0.139. The normalized spacial score (nSPS) is 13.5. The lowest BCUT2D eigenvalue weighted by atomic mass is 9.98. The minimum absolute atomic E-state index is 0.0830. The van der Waals surface area contributed by atoms with E-state index >= 15 is 0 Å². The van der Waals surface area contributed by atoms with Crippen molar-refractivity contribution in [1.82, 2.24) is 15.2 Å². The van der Waals surface area contributed by atoms with Crippen molar-refractivity contribution in [2.45, 2.75) is 59.0 Å². The zero-order chi connectivity index (χ0) is 16.2. The molecule has 0 spiro atoms. The zero-order valence-corrected chi connectivity index (χ0v) is 15.2. The number of amides is 1. The lowest BCUT2D eigenvalue weighted by Gasteiger charge is -2.23. The number of thiazole rings is 1. The molecule has 1 atom stereocenters. The van der Waals surface area contributed by atoms with E-state index in [1.807, 2.05) is 0 Å². The van der Waals surface area contributed by atoms with Crippen molar-refractivity contribution in [2.75, 3.05) is 14.1 Å². The topological polar surface area (TPSA) is 45.2 Å². The Kier molecular flexibility index (Phi) is 6.35. The first kappa shape index (κ1) is 18.1. The van der Waals surface area contributed by atoms with E-state index in [9.17, 15) is 4.79 Å². The van der Waals surface area contributed by atoms with Crippen LogP contribution in [0.25, 0.3) is 0 Å². The van der Waals surface area contributed by atoms with Crippen molar-refractivity contribution < 1.29 is 4.79 Å². The quantitative estimate of drug-likeness (QED) is 0.878. The SMILES string of the molecule is CC(C)CC(NCc1csc(C(C)(C)C)n1)C(=O)N(C)C. The van der Waals surface area contributed by atoms with Gasteiger partial charge in [0.25, 0.3) is 0 Å². The molecular weight excluding hydrogens is 282 g/mol. The van der Waals surface area contributed by atoms with Crippen molar-refractivity contribution in [3.05, 3.63) is 16.1 Å². The summed E-state index contributed by atoms with van der Waals surface area (Å²) in [4.78, 5) is 18.5. The van der Waals surface area contributed by atoms with Gasteiger partial charge in [0.1, 0.15) is 0 Å². The number of hydrogen-bond donors (Lipinski definition) is 1. The van der Waals surface area contributed by atoms with Gasteiger partial charge >= 0.3 is 0 Å². The highest BCUT2D eigenvalue weighted by Crippen LogP contribution is 2.25. The molecule has 1 aromatic heterocycles. The van der Waals surface area contributed by atoms with Crippen LogP contribution in [0.5, 0.6) is 0 Å². The first-order chi connectivity index (χ1) is 9.61. The number of likely N-dealkylation sites (N-methyl/N-ethyl adjacent to an activating group) is 1. The predicted molar refractivity (Wildman–Crippen MR) is 89.6 cm³/mol. The molecule has 5 heteroatoms. The minimum atomic E-state index is -0.139. The molecule has 0 radical (unpaired) electrons. The maximum Gasteiger partial charge on any atom is 0.239 e. The van der Waals surface area contributed by atoms with Crippen molar-refractivity contribution in [2.24, 2.45) is 5.92 Å². The van der Waals surface area contributed by atoms with Crippen LogP contribution in [-0.4, -0.2) is 35.9 Å². The second-order valence-electron chi connectivity index (χ2n) is 7.19. The zero-order valence-electron chi connectivity index (χ0n) is 14.4. The molecule has 0 saturated heterocycles. The Hall–Kier alpha value is -0.940. The van der Waals surface area contributed by atoms with Crippen LogP contribution in [0.3, 0.4) is 0 Å². The van der Waals surface area contributed by atoms with Gasteiger partial charge in [-0.1, -0.05) is 34.6 Å². The summed E-state index contributed by atoms with van der Waals surface area (Å²) in [5.41, 5.74) is 1.10. The molecule has 1 N–H and O–H groups in total. The summed E-state index contributed by atoms with van der Waals surface area (Å²) in [6.45, 7) is 11.4. The molecule has 0 aliphatic rings. The molecule has 4 nitrogen and oxygen atoms in total. The molecule has 1 rings (SSSR count). The Bertz CT molecular complexity index is 460. The first-order valence-electron chi connectivity index (χ1n) is 7.50. The fraction of sp³-hybridized carbons (Fsp3) is 0.750. The molecule has 0 aliphatic carbocycles. The second-order valence-corrected chi connectivity index (χ2v) is 8.05. The highest BCUT2D eigenvalue weighted by molar-refractivity contribution is 7.09. The standard InChI is InChI=1S/C16H29N3OS/c1-11(2)8-13(14(20)19(6)7)17-9-12-10-21-15(18-12)16(3,4)5/h10-11,13,17H,8-9H2,1-7H3. The molecule has 1 aromatic rings. The molecule has 1 heterocycles. The van der Waals surface area contributed by atoms with E-state index in [4.69, 9.17) is 0 Å². The summed E-state index contributed by atoms with van der Waals surface area (Å²) in [6.07, 6.45) is 0.841. The van der Waals surface area contributed by atoms with Crippen molar-refractivity contribution in [3.63, 3.8) is 0 Å². The Labute approximate surface area is 133 Å². The van der Waals surface area contributed by atoms with Crippen molar-refractivity contribution in [1.29, 1.82) is 0 Å². The maximum absolute atomic E-state index is 12.2. The average molecular weight is 311 g/mol. The summed E-state index contributed by atoms with van der Waals surface area (Å²) in [5, 5.41) is 6.59. The van der Waals surface area contributed by atoms with Crippen LogP contribution in [0.1, 0.15) is 51.7 Å². The molecule has 0 aromatic carbocycles. The van der Waals surface area contributed by atoms with Gasteiger partial charge in [-0.25, -0.2) is 4.98 Å². The summed E-state index contributed by atoms with van der Waals surface area (Å²) < 4.78 is 0. The fourth-order valence-corrected chi connectivity index (χ4v) is 2.92. The minimum Gasteiger partial charge on any atom is -0.347 e. The van der Waals surface area contributed by atoms with E-state index in [-0.39, 0.29) is 17.4 Å². The molecule has 21 heavy (non-hydrogen) atoms. The Morgan fingerprint density at radius 3 is 2.43 bits per heavy atom. The Morgan fingerprint density at radius 1 is 1.38 bits per heavy atom. The molecule has 0 aliphatic heterocycles. The molecular formula is C16H29N3OS. The van der Waals surface area contributed by atoms with Gasteiger partial charge in [0.05, 0.1) is 16.7 Å². The van der Waals surface area contributed by atoms with E-state index in [1.165, 1.54) is 0 Å². The smallest absolute Gasteiger partial charge is 0.239 e. The molecule has 120 valence electrons. The number of hydrogen-bond acceptors (Lipinski definition) is 4. The van der Waals surface area contributed by atoms with E-state index in [0.717, 1.165) is 17.1 Å². The highest BCUT2D eigenvalue weighted by atomic mass is 32.1. The van der Waals surface area contributed by atoms with Crippen LogP contribution in [0.4, 0.5) is 0 Å². The predicted octanol–water partition coefficient (Wildman–Crippen LogP) is 3.03. The number of carbonyl (C=O) groups is 1. The average Bonchev–Trinajstić information content (AvgIpc) is 2.81. The number of nitrogens with zero attached hydrogens (tertiary/aromatic N) is 2. The van der Waals surface area contributed by atoms with Crippen LogP contribution in [-0.2, 0) is 16.8 Å². The van der Waals surface area contributed by atoms with Crippen molar-refractivity contribution in [3.8, 4) is 0 Å².